The lowest BCUT2D eigenvalue weighted by molar-refractivity contribution is 0.104. The van der Waals surface area contributed by atoms with E-state index in [1.807, 2.05) is 6.07 Å². The van der Waals surface area contributed by atoms with Crippen molar-refractivity contribution in [1.29, 1.82) is 0 Å². The smallest absolute Gasteiger partial charge is 0.231 e. The summed E-state index contributed by atoms with van der Waals surface area (Å²) in [6, 6.07) is 8.83. The van der Waals surface area contributed by atoms with Crippen LogP contribution in [0.3, 0.4) is 0 Å². The molecule has 27 heavy (non-hydrogen) atoms. The first kappa shape index (κ1) is 17.0. The molecule has 0 atom stereocenters. The lowest BCUT2D eigenvalue weighted by Crippen LogP contribution is -2.17. The maximum atomic E-state index is 12.8. The van der Waals surface area contributed by atoms with Crippen LogP contribution in [0.1, 0.15) is 21.5 Å². The highest BCUT2D eigenvalue weighted by Gasteiger charge is 2.29. The highest BCUT2D eigenvalue weighted by molar-refractivity contribution is 6.40. The molecular weight excluding hydrogens is 350 g/mol. The fourth-order valence-electron chi connectivity index (χ4n) is 3.18. The Balaban J connectivity index is 1.87. The summed E-state index contributed by atoms with van der Waals surface area (Å²) < 4.78 is 21.5. The molecule has 2 aromatic carbocycles. The van der Waals surface area contributed by atoms with Crippen LogP contribution >= 0.6 is 0 Å². The molecule has 0 radical (unpaired) electrons. The molecule has 0 amide bonds. The first-order valence-corrected chi connectivity index (χ1v) is 8.20. The van der Waals surface area contributed by atoms with Gasteiger partial charge in [0.05, 0.1) is 14.2 Å². The van der Waals surface area contributed by atoms with Gasteiger partial charge in [-0.2, -0.15) is 0 Å². The Bertz CT molecular complexity index is 992. The number of ether oxygens (including phenoxy) is 4. The third kappa shape index (κ3) is 2.77. The zero-order valence-corrected chi connectivity index (χ0v) is 15.1. The fraction of sp³-hybridized carbons (Fsp3) is 0.200. The summed E-state index contributed by atoms with van der Waals surface area (Å²) in [6.07, 6.45) is 1.53. The molecule has 7 nitrogen and oxygen atoms in total. The maximum Gasteiger partial charge on any atom is 0.231 e. The molecule has 138 valence electrons. The Morgan fingerprint density at radius 1 is 0.926 bits per heavy atom. The SMILES string of the molecule is CO/N=C1/C(c2ccc(OC)c(OC)c2)=CC(=O)c2cc3c(cc21)OCO3. The minimum absolute atomic E-state index is 0.124. The zero-order chi connectivity index (χ0) is 19.0. The topological polar surface area (TPSA) is 75.6 Å². The predicted molar refractivity (Wildman–Crippen MR) is 98.0 cm³/mol. The number of carbonyl (C=O) groups is 1. The van der Waals surface area contributed by atoms with Crippen molar-refractivity contribution < 1.29 is 28.6 Å². The molecule has 0 saturated heterocycles. The van der Waals surface area contributed by atoms with E-state index in [9.17, 15) is 4.79 Å². The summed E-state index contributed by atoms with van der Waals surface area (Å²) >= 11 is 0. The van der Waals surface area contributed by atoms with Crippen LogP contribution < -0.4 is 18.9 Å². The molecule has 0 saturated carbocycles. The first-order valence-electron chi connectivity index (χ1n) is 8.20. The van der Waals surface area contributed by atoms with Gasteiger partial charge >= 0.3 is 0 Å². The monoisotopic (exact) mass is 367 g/mol. The van der Waals surface area contributed by atoms with E-state index in [2.05, 4.69) is 5.16 Å². The Hall–Kier alpha value is -3.48. The lowest BCUT2D eigenvalue weighted by Gasteiger charge is -2.19. The van der Waals surface area contributed by atoms with Crippen LogP contribution in [0.5, 0.6) is 23.0 Å². The van der Waals surface area contributed by atoms with Crippen LogP contribution in [0.2, 0.25) is 0 Å². The molecule has 1 aliphatic carbocycles. The number of benzene rings is 2. The van der Waals surface area contributed by atoms with E-state index < -0.39 is 0 Å². The summed E-state index contributed by atoms with van der Waals surface area (Å²) in [5.74, 6) is 2.11. The van der Waals surface area contributed by atoms with E-state index >= 15 is 0 Å². The van der Waals surface area contributed by atoms with Crippen molar-refractivity contribution in [3.05, 3.63) is 53.1 Å². The third-order valence-electron chi connectivity index (χ3n) is 4.44. The molecule has 7 heteroatoms. The molecule has 1 heterocycles. The van der Waals surface area contributed by atoms with Crippen molar-refractivity contribution in [3.8, 4) is 23.0 Å². The quantitative estimate of drug-likeness (QED) is 0.773. The molecule has 0 fully saturated rings. The fourth-order valence-corrected chi connectivity index (χ4v) is 3.18. The number of methoxy groups -OCH3 is 2. The van der Waals surface area contributed by atoms with Gasteiger partial charge in [0.15, 0.2) is 28.8 Å². The van der Waals surface area contributed by atoms with Gasteiger partial charge in [0.2, 0.25) is 6.79 Å². The van der Waals surface area contributed by atoms with Gasteiger partial charge in [-0.3, -0.25) is 4.79 Å². The summed E-state index contributed by atoms with van der Waals surface area (Å²) in [5, 5.41) is 4.17. The molecule has 0 unspecified atom stereocenters. The molecule has 2 aliphatic rings. The highest BCUT2D eigenvalue weighted by Crippen LogP contribution is 2.40. The molecule has 2 aromatic rings. The second-order valence-corrected chi connectivity index (χ2v) is 5.87. The number of rotatable bonds is 4. The minimum Gasteiger partial charge on any atom is -0.493 e. The van der Waals surface area contributed by atoms with Crippen LogP contribution in [0, 0.1) is 0 Å². The van der Waals surface area contributed by atoms with Crippen LogP contribution in [0.15, 0.2) is 41.6 Å². The van der Waals surface area contributed by atoms with Crippen LogP contribution in [0.4, 0.5) is 0 Å². The van der Waals surface area contributed by atoms with Crippen molar-refractivity contribution >= 4 is 17.1 Å². The minimum atomic E-state index is -0.150. The Morgan fingerprint density at radius 2 is 1.63 bits per heavy atom. The van der Waals surface area contributed by atoms with Crippen LogP contribution in [-0.2, 0) is 4.84 Å². The number of carbonyl (C=O) groups excluding carboxylic acids is 1. The first-order chi connectivity index (χ1) is 13.2. The maximum absolute atomic E-state index is 12.8. The number of oxime groups is 1. The van der Waals surface area contributed by atoms with Crippen LogP contribution in [-0.4, -0.2) is 39.6 Å². The number of allylic oxidation sites excluding steroid dienone is 2. The van der Waals surface area contributed by atoms with Gasteiger partial charge in [-0.1, -0.05) is 11.2 Å². The van der Waals surface area contributed by atoms with Gasteiger partial charge in [-0.15, -0.1) is 0 Å². The second-order valence-electron chi connectivity index (χ2n) is 5.87. The summed E-state index contributed by atoms with van der Waals surface area (Å²) in [6.45, 7) is 0.124. The molecule has 0 aromatic heterocycles. The van der Waals surface area contributed by atoms with Crippen LogP contribution in [0.25, 0.3) is 5.57 Å². The standard InChI is InChI=1S/C20H17NO6/c1-23-16-5-4-11(6-17(16)24-2)12-7-15(22)13-8-18-19(27-10-26-18)9-14(13)20(12)21-25-3/h4-9H,10H2,1-3H3/b21-20-. The molecular formula is C20H17NO6. The summed E-state index contributed by atoms with van der Waals surface area (Å²) in [4.78, 5) is 17.8. The van der Waals surface area contributed by atoms with E-state index in [1.165, 1.54) is 13.2 Å². The highest BCUT2D eigenvalue weighted by atomic mass is 16.7. The van der Waals surface area contributed by atoms with Crippen molar-refractivity contribution in [3.63, 3.8) is 0 Å². The normalized spacial score (nSPS) is 16.0. The Morgan fingerprint density at radius 3 is 2.30 bits per heavy atom. The van der Waals surface area contributed by atoms with E-state index in [1.54, 1.807) is 38.5 Å². The predicted octanol–water partition coefficient (Wildman–Crippen LogP) is 3.06. The molecule has 4 rings (SSSR count). The van der Waals surface area contributed by atoms with Crippen molar-refractivity contribution in [1.82, 2.24) is 0 Å². The number of ketones is 1. The number of nitrogens with zero attached hydrogens (tertiary/aromatic N) is 1. The second kappa shape index (κ2) is 6.68. The van der Waals surface area contributed by atoms with Gasteiger partial charge in [-0.05, 0) is 35.9 Å². The van der Waals surface area contributed by atoms with E-state index in [-0.39, 0.29) is 12.6 Å². The average molecular weight is 367 g/mol. The average Bonchev–Trinajstić information content (AvgIpc) is 3.16. The van der Waals surface area contributed by atoms with Crippen molar-refractivity contribution in [2.75, 3.05) is 28.1 Å². The third-order valence-corrected chi connectivity index (χ3v) is 4.44. The molecule has 1 aliphatic heterocycles. The number of hydrogen-bond acceptors (Lipinski definition) is 7. The molecule has 0 spiro atoms. The van der Waals surface area contributed by atoms with Crippen molar-refractivity contribution in [2.24, 2.45) is 5.16 Å². The van der Waals surface area contributed by atoms with Gasteiger partial charge in [0.1, 0.15) is 12.8 Å². The van der Waals surface area contributed by atoms with Gasteiger partial charge < -0.3 is 23.8 Å². The van der Waals surface area contributed by atoms with E-state index in [4.69, 9.17) is 23.8 Å². The Labute approximate surface area is 155 Å². The largest absolute Gasteiger partial charge is 0.493 e. The number of fused-ring (bicyclic) bond motifs is 2. The summed E-state index contributed by atoms with van der Waals surface area (Å²) in [5.41, 5.74) is 3.00. The van der Waals surface area contributed by atoms with E-state index in [0.717, 1.165) is 5.56 Å². The summed E-state index contributed by atoms with van der Waals surface area (Å²) in [7, 11) is 4.59. The zero-order valence-electron chi connectivity index (χ0n) is 15.1. The van der Waals surface area contributed by atoms with Gasteiger partial charge in [0.25, 0.3) is 0 Å². The lowest BCUT2D eigenvalue weighted by atomic mass is 9.85. The van der Waals surface area contributed by atoms with Gasteiger partial charge in [0, 0.05) is 16.7 Å². The van der Waals surface area contributed by atoms with E-state index in [0.29, 0.717) is 45.4 Å². The molecule has 0 bridgehead atoms. The van der Waals surface area contributed by atoms with Gasteiger partial charge in [-0.25, -0.2) is 0 Å². The number of hydrogen-bond donors (Lipinski definition) is 0. The molecule has 0 N–H and O–H groups in total. The van der Waals surface area contributed by atoms with Crippen molar-refractivity contribution in [2.45, 2.75) is 0 Å². The Kier molecular flexibility index (Phi) is 4.19.